The number of aliphatic hydroxyl groups is 1. The highest BCUT2D eigenvalue weighted by atomic mass is 31.2. The second-order valence-electron chi connectivity index (χ2n) is 29.2. The second kappa shape index (κ2) is 67.5. The number of phosphoric acid groups is 2. The number of esters is 4. The molecule has 0 saturated heterocycles. The summed E-state index contributed by atoms with van der Waals surface area (Å²) in [6.45, 7) is 11.9. The molecule has 0 saturated carbocycles. The third-order valence-electron chi connectivity index (χ3n) is 17.9. The van der Waals surface area contributed by atoms with Gasteiger partial charge in [-0.2, -0.15) is 0 Å². The number of rotatable bonds is 75. The van der Waals surface area contributed by atoms with Crippen molar-refractivity contribution < 1.29 is 80.2 Å². The molecule has 96 heavy (non-hydrogen) atoms. The molecule has 0 aromatic carbocycles. The van der Waals surface area contributed by atoms with Gasteiger partial charge in [0.15, 0.2) is 12.2 Å². The van der Waals surface area contributed by atoms with Gasteiger partial charge in [0.25, 0.3) is 0 Å². The van der Waals surface area contributed by atoms with Gasteiger partial charge in [-0.1, -0.05) is 344 Å². The van der Waals surface area contributed by atoms with Crippen LogP contribution >= 0.6 is 15.6 Å². The maximum Gasteiger partial charge on any atom is 0.472 e. The van der Waals surface area contributed by atoms with Crippen LogP contribution in [0.5, 0.6) is 0 Å². The van der Waals surface area contributed by atoms with Crippen molar-refractivity contribution in [2.24, 2.45) is 17.8 Å². The predicted molar refractivity (Wildman–Crippen MR) is 391 cm³/mol. The zero-order valence-electron chi connectivity index (χ0n) is 62.8. The Morgan fingerprint density at radius 2 is 0.479 bits per heavy atom. The van der Waals surface area contributed by atoms with E-state index >= 15 is 0 Å². The van der Waals surface area contributed by atoms with Crippen molar-refractivity contribution in [1.82, 2.24) is 0 Å². The minimum Gasteiger partial charge on any atom is -0.462 e. The van der Waals surface area contributed by atoms with Gasteiger partial charge in [-0.05, 0) is 43.4 Å². The molecule has 17 nitrogen and oxygen atoms in total. The minimum atomic E-state index is -4.96. The summed E-state index contributed by atoms with van der Waals surface area (Å²) < 4.78 is 68.5. The second-order valence-corrected chi connectivity index (χ2v) is 32.1. The molecule has 0 amide bonds. The fraction of sp³-hybridized carbons (Fsp3) is 0.948. The maximum atomic E-state index is 13.1. The van der Waals surface area contributed by atoms with Crippen LogP contribution in [0.25, 0.3) is 0 Å². The van der Waals surface area contributed by atoms with E-state index in [4.69, 9.17) is 37.0 Å². The van der Waals surface area contributed by atoms with E-state index in [-0.39, 0.29) is 25.7 Å². The Morgan fingerprint density at radius 1 is 0.281 bits per heavy atom. The van der Waals surface area contributed by atoms with E-state index < -0.39 is 97.5 Å². The average molecular weight is 1410 g/mol. The van der Waals surface area contributed by atoms with Crippen LogP contribution in [0.3, 0.4) is 0 Å². The Kier molecular flexibility index (Phi) is 66.2. The van der Waals surface area contributed by atoms with Gasteiger partial charge in [0, 0.05) is 25.7 Å². The molecular formula is C77H150O17P2. The number of unbranched alkanes of at least 4 members (excludes halogenated alkanes) is 43. The van der Waals surface area contributed by atoms with Crippen LogP contribution in [0.1, 0.15) is 395 Å². The summed E-state index contributed by atoms with van der Waals surface area (Å²) in [6, 6.07) is 0. The monoisotopic (exact) mass is 1410 g/mol. The van der Waals surface area contributed by atoms with Crippen LogP contribution in [0.4, 0.5) is 0 Å². The molecule has 2 unspecified atom stereocenters. The molecular weight excluding hydrogens is 1260 g/mol. The number of carbonyl (C=O) groups is 4. The summed E-state index contributed by atoms with van der Waals surface area (Å²) in [6.07, 6.45) is 54.2. The lowest BCUT2D eigenvalue weighted by atomic mass is 10.0. The molecule has 5 atom stereocenters. The van der Waals surface area contributed by atoms with Crippen molar-refractivity contribution in [1.29, 1.82) is 0 Å². The first-order valence-electron chi connectivity index (χ1n) is 39.8. The standard InChI is InChI=1S/C77H150O17P2/c1-8-9-10-11-12-13-14-15-18-22-25-28-37-44-51-58-74(79)87-64-72(93-76(81)60-53-46-39-29-26-23-20-17-16-19-21-24-27-34-41-48-55-68(2)3)66-91-95(83,84)89-62-71(78)63-90-96(85,86)92-67-73(94-77(82)61-54-47-40-33-31-36-43-50-57-70(6)7)65-88-75(80)59-52-45-38-32-30-35-42-49-56-69(4)5/h68-73,78H,8-67H2,1-7H3,(H,83,84)(H,85,86)/t71-,72-,73-/m1/s1. The molecule has 0 aromatic heterocycles. The Hall–Kier alpha value is -1.94. The van der Waals surface area contributed by atoms with Crippen molar-refractivity contribution in [3.63, 3.8) is 0 Å². The third-order valence-corrected chi connectivity index (χ3v) is 19.8. The van der Waals surface area contributed by atoms with Crippen LogP contribution in [0, 0.1) is 17.8 Å². The quantitative estimate of drug-likeness (QED) is 0.0222. The molecule has 0 aliphatic carbocycles. The summed E-state index contributed by atoms with van der Waals surface area (Å²) in [5.74, 6) is 0.136. The first-order valence-corrected chi connectivity index (χ1v) is 42.8. The van der Waals surface area contributed by atoms with Crippen LogP contribution in [0.2, 0.25) is 0 Å². The van der Waals surface area contributed by atoms with Gasteiger partial charge in [0.2, 0.25) is 0 Å². The lowest BCUT2D eigenvalue weighted by Gasteiger charge is -2.21. The summed E-state index contributed by atoms with van der Waals surface area (Å²) >= 11 is 0. The zero-order valence-corrected chi connectivity index (χ0v) is 64.6. The van der Waals surface area contributed by atoms with Crippen molar-refractivity contribution in [2.45, 2.75) is 414 Å². The number of phosphoric ester groups is 2. The van der Waals surface area contributed by atoms with Gasteiger partial charge in [-0.25, -0.2) is 9.13 Å². The Labute approximate surface area is 588 Å². The maximum absolute atomic E-state index is 13.1. The Balaban J connectivity index is 5.23. The van der Waals surface area contributed by atoms with Crippen molar-refractivity contribution >= 4 is 39.5 Å². The fourth-order valence-corrected chi connectivity index (χ4v) is 13.4. The van der Waals surface area contributed by atoms with Crippen molar-refractivity contribution in [3.8, 4) is 0 Å². The highest BCUT2D eigenvalue weighted by Crippen LogP contribution is 2.45. The lowest BCUT2D eigenvalue weighted by molar-refractivity contribution is -0.161. The highest BCUT2D eigenvalue weighted by Gasteiger charge is 2.30. The third kappa shape index (κ3) is 70.5. The van der Waals surface area contributed by atoms with Crippen LogP contribution < -0.4 is 0 Å². The number of carbonyl (C=O) groups excluding carboxylic acids is 4. The molecule has 19 heteroatoms. The molecule has 0 bridgehead atoms. The van der Waals surface area contributed by atoms with E-state index in [9.17, 15) is 43.2 Å². The molecule has 0 aromatic rings. The van der Waals surface area contributed by atoms with Crippen molar-refractivity contribution in [2.75, 3.05) is 39.6 Å². The van der Waals surface area contributed by atoms with Gasteiger partial charge >= 0.3 is 39.5 Å². The van der Waals surface area contributed by atoms with Gasteiger partial charge in [-0.3, -0.25) is 37.3 Å². The number of hydrogen-bond acceptors (Lipinski definition) is 15. The summed E-state index contributed by atoms with van der Waals surface area (Å²) in [5, 5.41) is 10.6. The first kappa shape index (κ1) is 94.1. The molecule has 570 valence electrons. The van der Waals surface area contributed by atoms with Crippen LogP contribution in [-0.2, 0) is 65.4 Å². The summed E-state index contributed by atoms with van der Waals surface area (Å²) in [7, 11) is -9.91. The molecule has 0 heterocycles. The topological polar surface area (TPSA) is 237 Å². The molecule has 0 radical (unpaired) electrons. The molecule has 0 aliphatic rings. The van der Waals surface area contributed by atoms with E-state index in [1.54, 1.807) is 0 Å². The number of aliphatic hydroxyl groups excluding tert-OH is 1. The van der Waals surface area contributed by atoms with Gasteiger partial charge in [0.05, 0.1) is 26.4 Å². The molecule has 0 spiro atoms. The fourth-order valence-electron chi connectivity index (χ4n) is 11.8. The minimum absolute atomic E-state index is 0.104. The first-order chi connectivity index (χ1) is 46.2. The molecule has 0 rings (SSSR count). The van der Waals surface area contributed by atoms with Crippen molar-refractivity contribution in [3.05, 3.63) is 0 Å². The molecule has 0 fully saturated rings. The Morgan fingerprint density at radius 3 is 0.708 bits per heavy atom. The van der Waals surface area contributed by atoms with Gasteiger partial charge in [0.1, 0.15) is 19.3 Å². The summed E-state index contributed by atoms with van der Waals surface area (Å²) in [5.41, 5.74) is 0. The van der Waals surface area contributed by atoms with E-state index in [0.29, 0.717) is 25.7 Å². The van der Waals surface area contributed by atoms with E-state index in [1.165, 1.54) is 205 Å². The largest absolute Gasteiger partial charge is 0.472 e. The smallest absolute Gasteiger partial charge is 0.462 e. The van der Waals surface area contributed by atoms with Gasteiger partial charge < -0.3 is 33.8 Å². The van der Waals surface area contributed by atoms with E-state index in [1.807, 2.05) is 0 Å². The van der Waals surface area contributed by atoms with E-state index in [0.717, 1.165) is 108 Å². The van der Waals surface area contributed by atoms with Gasteiger partial charge in [-0.15, -0.1) is 0 Å². The predicted octanol–water partition coefficient (Wildman–Crippen LogP) is 22.6. The normalized spacial score (nSPS) is 14.1. The lowest BCUT2D eigenvalue weighted by Crippen LogP contribution is -2.30. The highest BCUT2D eigenvalue weighted by molar-refractivity contribution is 7.47. The number of ether oxygens (including phenoxy) is 4. The zero-order chi connectivity index (χ0) is 70.9. The Bertz CT molecular complexity index is 1870. The number of hydrogen-bond donors (Lipinski definition) is 3. The molecule has 3 N–H and O–H groups in total. The molecule has 0 aliphatic heterocycles. The van der Waals surface area contributed by atoms with E-state index in [2.05, 4.69) is 48.5 Å². The van der Waals surface area contributed by atoms with Crippen LogP contribution in [0.15, 0.2) is 0 Å². The SMILES string of the molecule is CCCCCCCCCCCCCCCCCC(=O)OC[C@H](COP(=O)(O)OC[C@@H](O)COP(=O)(O)OC[C@@H](COC(=O)CCCCCCCCCCC(C)C)OC(=O)CCCCCCCCCCC(C)C)OC(=O)CCCCCCCCCCCCCCCCCCC(C)C. The average Bonchev–Trinajstić information content (AvgIpc) is 1.90. The van der Waals surface area contributed by atoms with Crippen LogP contribution in [-0.4, -0.2) is 96.7 Å². The summed E-state index contributed by atoms with van der Waals surface area (Å²) in [4.78, 5) is 72.8.